The molecule has 1 nitrogen and oxygen atoms in total. The summed E-state index contributed by atoms with van der Waals surface area (Å²) in [6.07, 6.45) is 6.85. The summed E-state index contributed by atoms with van der Waals surface area (Å²) in [6, 6.07) is 0. The van der Waals surface area contributed by atoms with E-state index < -0.39 is 0 Å². The maximum absolute atomic E-state index is 5.49. The molecular weight excluding hydrogens is 112 g/mol. The molecule has 0 amide bonds. The summed E-state index contributed by atoms with van der Waals surface area (Å²) in [5.41, 5.74) is 0.352. The predicted octanol–water partition coefficient (Wildman–Crippen LogP) is 1.97. The van der Waals surface area contributed by atoms with Crippen molar-refractivity contribution in [1.29, 1.82) is 0 Å². The van der Waals surface area contributed by atoms with Gasteiger partial charge in [0.1, 0.15) is 0 Å². The van der Waals surface area contributed by atoms with Gasteiger partial charge in [0, 0.05) is 7.11 Å². The summed E-state index contributed by atoms with van der Waals surface area (Å²) in [5, 5.41) is 0. The molecule has 0 N–H and O–H groups in total. The topological polar surface area (TPSA) is 9.23 Å². The van der Waals surface area contributed by atoms with Crippen molar-refractivity contribution in [1.82, 2.24) is 0 Å². The molecular formula is C8H14O. The molecule has 0 saturated heterocycles. The number of hydrogen-bond acceptors (Lipinski definition) is 1. The highest BCUT2D eigenvalue weighted by atomic mass is 16.5. The lowest BCUT2D eigenvalue weighted by molar-refractivity contribution is -0.000287. The van der Waals surface area contributed by atoms with Crippen molar-refractivity contribution < 1.29 is 4.74 Å². The molecule has 0 radical (unpaired) electrons. The molecule has 2 saturated carbocycles. The molecule has 0 aliphatic heterocycles. The van der Waals surface area contributed by atoms with E-state index in [2.05, 4.69) is 0 Å². The van der Waals surface area contributed by atoms with Gasteiger partial charge in [-0.3, -0.25) is 0 Å². The SMILES string of the molecule is COC12CCC(CC1)C2. The summed E-state index contributed by atoms with van der Waals surface area (Å²) >= 11 is 0. The van der Waals surface area contributed by atoms with Crippen LogP contribution in [0, 0.1) is 5.92 Å². The van der Waals surface area contributed by atoms with Gasteiger partial charge in [0.2, 0.25) is 0 Å². The summed E-state index contributed by atoms with van der Waals surface area (Å²) in [7, 11) is 1.87. The monoisotopic (exact) mass is 126 g/mol. The Hall–Kier alpha value is -0.0400. The number of methoxy groups -OCH3 is 1. The van der Waals surface area contributed by atoms with E-state index in [0.717, 1.165) is 5.92 Å². The van der Waals surface area contributed by atoms with E-state index >= 15 is 0 Å². The quantitative estimate of drug-likeness (QED) is 0.522. The van der Waals surface area contributed by atoms with Crippen LogP contribution in [0.2, 0.25) is 0 Å². The smallest absolute Gasteiger partial charge is 0.0681 e. The molecule has 9 heavy (non-hydrogen) atoms. The number of rotatable bonds is 1. The standard InChI is InChI=1S/C8H14O/c1-9-8-4-2-7(6-8)3-5-8/h7H,2-6H2,1H3. The highest BCUT2D eigenvalue weighted by Gasteiger charge is 2.44. The molecule has 2 bridgehead atoms. The average molecular weight is 126 g/mol. The summed E-state index contributed by atoms with van der Waals surface area (Å²) in [5.74, 6) is 1.02. The molecule has 2 aliphatic carbocycles. The minimum absolute atomic E-state index is 0.352. The van der Waals surface area contributed by atoms with E-state index in [9.17, 15) is 0 Å². The Labute approximate surface area is 56.4 Å². The molecule has 2 rings (SSSR count). The zero-order valence-electron chi connectivity index (χ0n) is 6.02. The van der Waals surface area contributed by atoms with Gasteiger partial charge in [0.25, 0.3) is 0 Å². The van der Waals surface area contributed by atoms with Crippen LogP contribution in [0.15, 0.2) is 0 Å². The zero-order chi connectivity index (χ0) is 6.32. The fourth-order valence-corrected chi connectivity index (χ4v) is 2.43. The van der Waals surface area contributed by atoms with E-state index in [1.165, 1.54) is 32.1 Å². The highest BCUT2D eigenvalue weighted by Crippen LogP contribution is 2.49. The van der Waals surface area contributed by atoms with Crippen molar-refractivity contribution in [2.24, 2.45) is 5.92 Å². The first-order valence-electron chi connectivity index (χ1n) is 3.90. The number of ether oxygens (including phenoxy) is 1. The van der Waals surface area contributed by atoms with E-state index in [1.807, 2.05) is 7.11 Å². The highest BCUT2D eigenvalue weighted by molar-refractivity contribution is 4.97. The van der Waals surface area contributed by atoms with Crippen LogP contribution in [-0.2, 0) is 4.74 Å². The molecule has 1 heteroatoms. The average Bonchev–Trinajstić information content (AvgIpc) is 2.46. The molecule has 0 unspecified atom stereocenters. The van der Waals surface area contributed by atoms with Crippen LogP contribution in [0.5, 0.6) is 0 Å². The fraction of sp³-hybridized carbons (Fsp3) is 1.00. The Morgan fingerprint density at radius 2 is 2.00 bits per heavy atom. The Bertz CT molecular complexity index is 112. The van der Waals surface area contributed by atoms with Gasteiger partial charge in [0.15, 0.2) is 0 Å². The molecule has 0 aromatic rings. The Kier molecular flexibility index (Phi) is 1.10. The van der Waals surface area contributed by atoms with E-state index in [0.29, 0.717) is 5.60 Å². The second-order valence-corrected chi connectivity index (χ2v) is 3.53. The van der Waals surface area contributed by atoms with Crippen LogP contribution in [-0.4, -0.2) is 12.7 Å². The van der Waals surface area contributed by atoms with Crippen molar-refractivity contribution in [3.63, 3.8) is 0 Å². The van der Waals surface area contributed by atoms with Crippen LogP contribution in [0.25, 0.3) is 0 Å². The summed E-state index contributed by atoms with van der Waals surface area (Å²) in [4.78, 5) is 0. The number of fused-ring (bicyclic) bond motifs is 2. The van der Waals surface area contributed by atoms with Gasteiger partial charge in [-0.25, -0.2) is 0 Å². The molecule has 0 spiro atoms. The first-order valence-corrected chi connectivity index (χ1v) is 3.90. The van der Waals surface area contributed by atoms with Crippen LogP contribution in [0.4, 0.5) is 0 Å². The van der Waals surface area contributed by atoms with Gasteiger partial charge < -0.3 is 4.74 Å². The minimum atomic E-state index is 0.352. The Morgan fingerprint density at radius 1 is 1.33 bits per heavy atom. The summed E-state index contributed by atoms with van der Waals surface area (Å²) in [6.45, 7) is 0. The summed E-state index contributed by atoms with van der Waals surface area (Å²) < 4.78 is 5.49. The normalized spacial score (nSPS) is 48.3. The van der Waals surface area contributed by atoms with E-state index in [1.54, 1.807) is 0 Å². The third kappa shape index (κ3) is 0.710. The largest absolute Gasteiger partial charge is 0.378 e. The molecule has 52 valence electrons. The second-order valence-electron chi connectivity index (χ2n) is 3.53. The maximum atomic E-state index is 5.49. The van der Waals surface area contributed by atoms with Gasteiger partial charge in [0.05, 0.1) is 5.60 Å². The lowest BCUT2D eigenvalue weighted by Crippen LogP contribution is -2.24. The molecule has 2 fully saturated rings. The van der Waals surface area contributed by atoms with Gasteiger partial charge in [-0.2, -0.15) is 0 Å². The molecule has 2 aliphatic rings. The van der Waals surface area contributed by atoms with Crippen molar-refractivity contribution >= 4 is 0 Å². The zero-order valence-corrected chi connectivity index (χ0v) is 6.02. The maximum Gasteiger partial charge on any atom is 0.0681 e. The van der Waals surface area contributed by atoms with Crippen molar-refractivity contribution in [3.05, 3.63) is 0 Å². The van der Waals surface area contributed by atoms with Crippen LogP contribution in [0.1, 0.15) is 32.1 Å². The second kappa shape index (κ2) is 1.72. The van der Waals surface area contributed by atoms with E-state index in [4.69, 9.17) is 4.74 Å². The van der Waals surface area contributed by atoms with E-state index in [-0.39, 0.29) is 0 Å². The fourth-order valence-electron chi connectivity index (χ4n) is 2.43. The lowest BCUT2D eigenvalue weighted by Gasteiger charge is -2.23. The Morgan fingerprint density at radius 3 is 2.22 bits per heavy atom. The predicted molar refractivity (Wildman–Crippen MR) is 36.3 cm³/mol. The number of hydrogen-bond donors (Lipinski definition) is 0. The lowest BCUT2D eigenvalue weighted by atomic mass is 9.97. The molecule has 0 atom stereocenters. The van der Waals surface area contributed by atoms with Gasteiger partial charge >= 0.3 is 0 Å². The van der Waals surface area contributed by atoms with Crippen molar-refractivity contribution in [2.45, 2.75) is 37.7 Å². The van der Waals surface area contributed by atoms with Crippen molar-refractivity contribution in [3.8, 4) is 0 Å². The van der Waals surface area contributed by atoms with Crippen molar-refractivity contribution in [2.75, 3.05) is 7.11 Å². The minimum Gasteiger partial charge on any atom is -0.378 e. The first kappa shape index (κ1) is 5.72. The van der Waals surface area contributed by atoms with Gasteiger partial charge in [-0.05, 0) is 38.0 Å². The van der Waals surface area contributed by atoms with Gasteiger partial charge in [-0.15, -0.1) is 0 Å². The van der Waals surface area contributed by atoms with Crippen LogP contribution < -0.4 is 0 Å². The third-order valence-corrected chi connectivity index (χ3v) is 3.11. The van der Waals surface area contributed by atoms with Crippen LogP contribution >= 0.6 is 0 Å². The first-order chi connectivity index (χ1) is 4.35. The molecule has 0 aromatic carbocycles. The van der Waals surface area contributed by atoms with Gasteiger partial charge in [-0.1, -0.05) is 0 Å². The molecule has 0 aromatic heterocycles. The molecule has 0 heterocycles. The Balaban J connectivity index is 2.13. The van der Waals surface area contributed by atoms with Crippen LogP contribution in [0.3, 0.4) is 0 Å². The third-order valence-electron chi connectivity index (χ3n) is 3.11.